The van der Waals surface area contributed by atoms with Crippen LogP contribution in [0, 0.1) is 0 Å². The number of aryl methyl sites for hydroxylation is 1. The highest BCUT2D eigenvalue weighted by Crippen LogP contribution is 2.26. The number of fused-ring (bicyclic) bond motifs is 1. The average Bonchev–Trinajstić information content (AvgIpc) is 2.85. The van der Waals surface area contributed by atoms with Gasteiger partial charge in [-0.05, 0) is 60.2 Å². The summed E-state index contributed by atoms with van der Waals surface area (Å²) in [6.07, 6.45) is 2.91. The van der Waals surface area contributed by atoms with Gasteiger partial charge in [-0.2, -0.15) is 0 Å². The molecular weight excluding hydrogens is 400 g/mol. The third kappa shape index (κ3) is 5.61. The van der Waals surface area contributed by atoms with Crippen LogP contribution in [-0.2, 0) is 24.2 Å². The average molecular weight is 431 g/mol. The smallest absolute Gasteiger partial charge is 0.257 e. The van der Waals surface area contributed by atoms with E-state index in [-0.39, 0.29) is 12.5 Å². The molecule has 1 heterocycles. The van der Waals surface area contributed by atoms with Crippen LogP contribution in [0.5, 0.6) is 11.5 Å². The lowest BCUT2D eigenvalue weighted by molar-refractivity contribution is -0.123. The van der Waals surface area contributed by atoms with Crippen LogP contribution in [0.1, 0.15) is 23.1 Å². The molecule has 32 heavy (non-hydrogen) atoms. The van der Waals surface area contributed by atoms with Crippen molar-refractivity contribution in [2.75, 3.05) is 31.7 Å². The van der Waals surface area contributed by atoms with Crippen molar-refractivity contribution in [3.63, 3.8) is 0 Å². The zero-order chi connectivity index (χ0) is 22.2. The van der Waals surface area contributed by atoms with Gasteiger partial charge in [0.1, 0.15) is 0 Å². The number of methoxy groups -OCH3 is 1. The van der Waals surface area contributed by atoms with Crippen LogP contribution in [0.4, 0.5) is 5.69 Å². The minimum absolute atomic E-state index is 0.0198. The first-order valence-corrected chi connectivity index (χ1v) is 11.2. The Labute approximate surface area is 190 Å². The van der Waals surface area contributed by atoms with E-state index in [1.165, 1.54) is 22.4 Å². The van der Waals surface area contributed by atoms with Crippen LogP contribution in [0.15, 0.2) is 72.8 Å². The fourth-order valence-corrected chi connectivity index (χ4v) is 4.04. The Bertz CT molecular complexity index is 1030. The lowest BCUT2D eigenvalue weighted by Gasteiger charge is -2.30. The van der Waals surface area contributed by atoms with E-state index in [1.54, 1.807) is 13.2 Å². The Balaban J connectivity index is 1.18. The number of nitrogens with one attached hydrogen (secondary N) is 1. The quantitative estimate of drug-likeness (QED) is 0.512. The third-order valence-corrected chi connectivity index (χ3v) is 5.82. The molecule has 0 saturated heterocycles. The van der Waals surface area contributed by atoms with E-state index >= 15 is 0 Å². The zero-order valence-electron chi connectivity index (χ0n) is 18.5. The highest BCUT2D eigenvalue weighted by molar-refractivity contribution is 5.77. The Morgan fingerprint density at radius 1 is 0.938 bits per heavy atom. The predicted molar refractivity (Wildman–Crippen MR) is 127 cm³/mol. The van der Waals surface area contributed by atoms with Gasteiger partial charge in [-0.1, -0.05) is 48.5 Å². The van der Waals surface area contributed by atoms with Crippen LogP contribution < -0.4 is 19.7 Å². The number of amides is 1. The normalized spacial score (nSPS) is 12.7. The molecule has 5 heteroatoms. The molecule has 0 saturated carbocycles. The molecule has 0 radical (unpaired) electrons. The maximum Gasteiger partial charge on any atom is 0.257 e. The summed E-state index contributed by atoms with van der Waals surface area (Å²) in [7, 11) is 1.58. The number of benzene rings is 3. The molecule has 0 bridgehead atoms. The summed E-state index contributed by atoms with van der Waals surface area (Å²) in [6.45, 7) is 2.63. The molecule has 1 aliphatic rings. The zero-order valence-corrected chi connectivity index (χ0v) is 18.5. The fourth-order valence-electron chi connectivity index (χ4n) is 4.04. The van der Waals surface area contributed by atoms with Gasteiger partial charge in [-0.25, -0.2) is 0 Å². The number of rotatable bonds is 9. The summed E-state index contributed by atoms with van der Waals surface area (Å²) in [5.41, 5.74) is 5.44. The molecule has 5 nitrogen and oxygen atoms in total. The molecular formula is C27H30N2O3. The monoisotopic (exact) mass is 430 g/mol. The van der Waals surface area contributed by atoms with Crippen molar-refractivity contribution in [3.05, 3.63) is 89.5 Å². The number of nitrogens with zero attached hydrogens (tertiary/aromatic N) is 1. The highest BCUT2D eigenvalue weighted by Gasteiger charge is 2.15. The minimum Gasteiger partial charge on any atom is -0.493 e. The molecule has 0 unspecified atom stereocenters. The highest BCUT2D eigenvalue weighted by atomic mass is 16.5. The van der Waals surface area contributed by atoms with Crippen LogP contribution >= 0.6 is 0 Å². The summed E-state index contributed by atoms with van der Waals surface area (Å²) >= 11 is 0. The van der Waals surface area contributed by atoms with Gasteiger partial charge < -0.3 is 19.7 Å². The largest absolute Gasteiger partial charge is 0.493 e. The molecule has 3 aromatic rings. The number of hydrogen-bond acceptors (Lipinski definition) is 4. The molecule has 0 atom stereocenters. The molecule has 0 aromatic heterocycles. The van der Waals surface area contributed by atoms with E-state index in [2.05, 4.69) is 58.7 Å². The van der Waals surface area contributed by atoms with Gasteiger partial charge in [0.05, 0.1) is 7.11 Å². The summed E-state index contributed by atoms with van der Waals surface area (Å²) in [5, 5.41) is 2.92. The van der Waals surface area contributed by atoms with Crippen molar-refractivity contribution in [2.45, 2.75) is 25.8 Å². The molecule has 1 amide bonds. The van der Waals surface area contributed by atoms with Crippen molar-refractivity contribution in [2.24, 2.45) is 0 Å². The van der Waals surface area contributed by atoms with E-state index in [4.69, 9.17) is 9.47 Å². The Kier molecular flexibility index (Phi) is 7.28. The Morgan fingerprint density at radius 2 is 1.66 bits per heavy atom. The van der Waals surface area contributed by atoms with Crippen LogP contribution in [0.3, 0.4) is 0 Å². The first-order valence-electron chi connectivity index (χ1n) is 11.2. The maximum absolute atomic E-state index is 12.1. The lowest BCUT2D eigenvalue weighted by atomic mass is 9.99. The first kappa shape index (κ1) is 21.8. The summed E-state index contributed by atoms with van der Waals surface area (Å²) in [4.78, 5) is 14.5. The molecule has 4 rings (SSSR count). The molecule has 1 aliphatic heterocycles. The molecule has 166 valence electrons. The van der Waals surface area contributed by atoms with E-state index in [0.29, 0.717) is 18.0 Å². The van der Waals surface area contributed by atoms with Gasteiger partial charge in [0, 0.05) is 25.3 Å². The second-order valence-electron chi connectivity index (χ2n) is 8.00. The second kappa shape index (κ2) is 10.7. The van der Waals surface area contributed by atoms with Gasteiger partial charge in [-0.15, -0.1) is 0 Å². The lowest BCUT2D eigenvalue weighted by Crippen LogP contribution is -2.30. The van der Waals surface area contributed by atoms with Gasteiger partial charge in [0.25, 0.3) is 5.91 Å². The Hall–Kier alpha value is -3.47. The predicted octanol–water partition coefficient (Wildman–Crippen LogP) is 4.39. The van der Waals surface area contributed by atoms with Crippen molar-refractivity contribution >= 4 is 11.6 Å². The molecule has 1 N–H and O–H groups in total. The molecule has 0 aliphatic carbocycles. The van der Waals surface area contributed by atoms with Crippen molar-refractivity contribution < 1.29 is 14.3 Å². The third-order valence-electron chi connectivity index (χ3n) is 5.82. The van der Waals surface area contributed by atoms with Gasteiger partial charge in [0.2, 0.25) is 0 Å². The van der Waals surface area contributed by atoms with Gasteiger partial charge >= 0.3 is 0 Å². The maximum atomic E-state index is 12.1. The van der Waals surface area contributed by atoms with Crippen LogP contribution in [0.2, 0.25) is 0 Å². The standard InChI is InChI=1S/C27H30N2O3/c1-31-25-10-4-5-11-26(25)32-20-27(30)28-17-6-7-21-12-14-24(15-13-21)29-18-16-22-8-2-3-9-23(22)19-29/h2-5,8-15H,6-7,16-20H2,1H3,(H,28,30). The number of carbonyl (C=O) groups is 1. The first-order chi connectivity index (χ1) is 15.7. The Morgan fingerprint density at radius 3 is 2.44 bits per heavy atom. The van der Waals surface area contributed by atoms with Crippen molar-refractivity contribution in [1.82, 2.24) is 5.32 Å². The van der Waals surface area contributed by atoms with Crippen LogP contribution in [0.25, 0.3) is 0 Å². The van der Waals surface area contributed by atoms with Crippen LogP contribution in [-0.4, -0.2) is 32.7 Å². The fraction of sp³-hybridized carbons (Fsp3) is 0.296. The molecule has 0 fully saturated rings. The second-order valence-corrected chi connectivity index (χ2v) is 8.00. The molecule has 3 aromatic carbocycles. The number of hydrogen-bond donors (Lipinski definition) is 1. The summed E-state index contributed by atoms with van der Waals surface area (Å²) in [5.74, 6) is 1.07. The van der Waals surface area contributed by atoms with E-state index in [1.807, 2.05) is 18.2 Å². The van der Waals surface area contributed by atoms with Crippen molar-refractivity contribution in [3.8, 4) is 11.5 Å². The SMILES string of the molecule is COc1ccccc1OCC(=O)NCCCc1ccc(N2CCc3ccccc3C2)cc1. The number of ether oxygens (including phenoxy) is 2. The van der Waals surface area contributed by atoms with Gasteiger partial charge in [0.15, 0.2) is 18.1 Å². The van der Waals surface area contributed by atoms with E-state index < -0.39 is 0 Å². The van der Waals surface area contributed by atoms with Gasteiger partial charge in [-0.3, -0.25) is 4.79 Å². The number of carbonyl (C=O) groups excluding carboxylic acids is 1. The summed E-state index contributed by atoms with van der Waals surface area (Å²) < 4.78 is 10.8. The topological polar surface area (TPSA) is 50.8 Å². The van der Waals surface area contributed by atoms with E-state index in [9.17, 15) is 4.79 Å². The number of anilines is 1. The summed E-state index contributed by atoms with van der Waals surface area (Å²) in [6, 6.07) is 24.8. The number of para-hydroxylation sites is 2. The van der Waals surface area contributed by atoms with Crippen molar-refractivity contribution in [1.29, 1.82) is 0 Å². The minimum atomic E-state index is -0.128. The molecule has 0 spiro atoms. The van der Waals surface area contributed by atoms with E-state index in [0.717, 1.165) is 32.4 Å².